The number of halogens is 1. The first-order valence-electron chi connectivity index (χ1n) is 6.83. The molecule has 4 heteroatoms. The maximum absolute atomic E-state index is 12.7. The van der Waals surface area contributed by atoms with E-state index in [2.05, 4.69) is 0 Å². The summed E-state index contributed by atoms with van der Waals surface area (Å²) in [6.45, 7) is 1.91. The minimum absolute atomic E-state index is 0.0214. The van der Waals surface area contributed by atoms with Gasteiger partial charge in [-0.2, -0.15) is 0 Å². The number of carbonyl (C=O) groups is 1. The van der Waals surface area contributed by atoms with Crippen molar-refractivity contribution < 1.29 is 9.90 Å². The van der Waals surface area contributed by atoms with Crippen LogP contribution < -0.4 is 0 Å². The summed E-state index contributed by atoms with van der Waals surface area (Å²) in [5.41, 5.74) is 1.52. The van der Waals surface area contributed by atoms with Crippen molar-refractivity contribution in [3.05, 3.63) is 34.3 Å². The minimum Gasteiger partial charge on any atom is -0.393 e. The molecule has 3 nitrogen and oxygen atoms in total. The normalized spacial score (nSPS) is 29.6. The van der Waals surface area contributed by atoms with Crippen LogP contribution in [0.3, 0.4) is 0 Å². The van der Waals surface area contributed by atoms with Crippen LogP contribution in [-0.4, -0.2) is 34.1 Å². The zero-order valence-electron chi connectivity index (χ0n) is 11.0. The monoisotopic (exact) mass is 279 g/mol. The molecule has 2 saturated heterocycles. The van der Waals surface area contributed by atoms with Crippen molar-refractivity contribution in [3.8, 4) is 0 Å². The number of aryl methyl sites for hydroxylation is 1. The highest BCUT2D eigenvalue weighted by atomic mass is 35.5. The van der Waals surface area contributed by atoms with Gasteiger partial charge in [-0.25, -0.2) is 0 Å². The second-order valence-electron chi connectivity index (χ2n) is 5.66. The van der Waals surface area contributed by atoms with E-state index in [1.54, 1.807) is 6.07 Å². The second-order valence-corrected chi connectivity index (χ2v) is 6.04. The van der Waals surface area contributed by atoms with E-state index in [1.807, 2.05) is 24.0 Å². The van der Waals surface area contributed by atoms with Gasteiger partial charge in [-0.1, -0.05) is 23.7 Å². The Bertz CT molecular complexity index is 503. The van der Waals surface area contributed by atoms with Crippen molar-refractivity contribution in [1.29, 1.82) is 0 Å². The lowest BCUT2D eigenvalue weighted by Gasteiger charge is -2.37. The topological polar surface area (TPSA) is 40.5 Å². The van der Waals surface area contributed by atoms with Crippen LogP contribution in [0.15, 0.2) is 18.2 Å². The first-order valence-corrected chi connectivity index (χ1v) is 7.21. The first-order chi connectivity index (χ1) is 9.08. The molecule has 2 bridgehead atoms. The van der Waals surface area contributed by atoms with Crippen LogP contribution in [0.5, 0.6) is 0 Å². The first kappa shape index (κ1) is 12.9. The summed E-state index contributed by atoms with van der Waals surface area (Å²) >= 11 is 6.25. The molecule has 1 aromatic carbocycles. The molecule has 1 amide bonds. The van der Waals surface area contributed by atoms with Crippen LogP contribution in [0.1, 0.15) is 41.6 Å². The Kier molecular flexibility index (Phi) is 3.27. The molecule has 2 aliphatic rings. The van der Waals surface area contributed by atoms with E-state index in [0.717, 1.165) is 18.4 Å². The highest BCUT2D eigenvalue weighted by molar-refractivity contribution is 6.34. The Hall–Kier alpha value is -1.06. The molecule has 1 N–H and O–H groups in total. The van der Waals surface area contributed by atoms with Crippen LogP contribution in [0.25, 0.3) is 0 Å². The molecule has 0 aliphatic carbocycles. The third-order valence-corrected chi connectivity index (χ3v) is 4.87. The largest absolute Gasteiger partial charge is 0.393 e. The smallest absolute Gasteiger partial charge is 0.255 e. The Morgan fingerprint density at radius 2 is 1.95 bits per heavy atom. The number of fused-ring (bicyclic) bond motifs is 2. The predicted octanol–water partition coefficient (Wildman–Crippen LogP) is 2.78. The fourth-order valence-electron chi connectivity index (χ4n) is 3.43. The fourth-order valence-corrected chi connectivity index (χ4v) is 3.64. The number of aliphatic hydroxyl groups is 1. The molecule has 2 aliphatic heterocycles. The number of amides is 1. The van der Waals surface area contributed by atoms with E-state index in [-0.39, 0.29) is 24.1 Å². The number of nitrogens with zero attached hydrogens (tertiary/aromatic N) is 1. The molecule has 102 valence electrons. The van der Waals surface area contributed by atoms with Gasteiger partial charge in [0.15, 0.2) is 0 Å². The molecule has 0 radical (unpaired) electrons. The summed E-state index contributed by atoms with van der Waals surface area (Å²) in [6.07, 6.45) is 3.14. The van der Waals surface area contributed by atoms with E-state index in [0.29, 0.717) is 23.4 Å². The average Bonchev–Trinajstić information content (AvgIpc) is 2.64. The molecule has 3 rings (SSSR count). The zero-order chi connectivity index (χ0) is 13.6. The van der Waals surface area contributed by atoms with Gasteiger partial charge >= 0.3 is 0 Å². The quantitative estimate of drug-likeness (QED) is 0.859. The summed E-state index contributed by atoms with van der Waals surface area (Å²) < 4.78 is 0. The number of hydrogen-bond donors (Lipinski definition) is 1. The number of piperidine rings is 1. The number of benzene rings is 1. The molecule has 2 atom stereocenters. The SMILES string of the molecule is Cc1cccc(C(=O)N2C3CCC2CC(O)C3)c1Cl. The van der Waals surface area contributed by atoms with Crippen molar-refractivity contribution in [1.82, 2.24) is 4.90 Å². The second kappa shape index (κ2) is 4.80. The Labute approximate surface area is 118 Å². The molecular formula is C15H18ClNO2. The maximum atomic E-state index is 12.7. The van der Waals surface area contributed by atoms with Crippen molar-refractivity contribution >= 4 is 17.5 Å². The molecule has 2 unspecified atom stereocenters. The molecule has 1 aromatic rings. The van der Waals surface area contributed by atoms with Gasteiger partial charge in [0, 0.05) is 12.1 Å². The van der Waals surface area contributed by atoms with Gasteiger partial charge in [-0.15, -0.1) is 0 Å². The molecule has 2 heterocycles. The van der Waals surface area contributed by atoms with E-state index in [4.69, 9.17) is 11.6 Å². The zero-order valence-corrected chi connectivity index (χ0v) is 11.7. The summed E-state index contributed by atoms with van der Waals surface area (Å²) in [5, 5.41) is 10.3. The van der Waals surface area contributed by atoms with Crippen molar-refractivity contribution in [2.45, 2.75) is 50.8 Å². The summed E-state index contributed by atoms with van der Waals surface area (Å²) in [5.74, 6) is 0.0214. The van der Waals surface area contributed by atoms with E-state index < -0.39 is 0 Å². The van der Waals surface area contributed by atoms with Gasteiger partial charge < -0.3 is 10.0 Å². The van der Waals surface area contributed by atoms with Crippen LogP contribution >= 0.6 is 11.6 Å². The van der Waals surface area contributed by atoms with Gasteiger partial charge in [-0.05, 0) is 44.2 Å². The molecular weight excluding hydrogens is 262 g/mol. The average molecular weight is 280 g/mol. The Morgan fingerprint density at radius 1 is 1.32 bits per heavy atom. The lowest BCUT2D eigenvalue weighted by molar-refractivity contribution is 0.0287. The number of rotatable bonds is 1. The summed E-state index contributed by atoms with van der Waals surface area (Å²) in [4.78, 5) is 14.7. The molecule has 2 fully saturated rings. The highest BCUT2D eigenvalue weighted by Gasteiger charge is 2.43. The molecule has 0 spiro atoms. The van der Waals surface area contributed by atoms with E-state index in [9.17, 15) is 9.90 Å². The van der Waals surface area contributed by atoms with Crippen molar-refractivity contribution in [3.63, 3.8) is 0 Å². The lowest BCUT2D eigenvalue weighted by Crippen LogP contribution is -2.48. The summed E-state index contributed by atoms with van der Waals surface area (Å²) in [6, 6.07) is 5.93. The van der Waals surface area contributed by atoms with Gasteiger partial charge in [-0.3, -0.25) is 4.79 Å². The number of hydrogen-bond acceptors (Lipinski definition) is 2. The Morgan fingerprint density at radius 3 is 2.58 bits per heavy atom. The third kappa shape index (κ3) is 2.15. The van der Waals surface area contributed by atoms with Crippen molar-refractivity contribution in [2.75, 3.05) is 0 Å². The minimum atomic E-state index is -0.255. The van der Waals surface area contributed by atoms with Crippen molar-refractivity contribution in [2.24, 2.45) is 0 Å². The Balaban J connectivity index is 1.91. The summed E-state index contributed by atoms with van der Waals surface area (Å²) in [7, 11) is 0. The van der Waals surface area contributed by atoms with E-state index in [1.165, 1.54) is 0 Å². The molecule has 0 saturated carbocycles. The lowest BCUT2D eigenvalue weighted by atomic mass is 9.98. The standard InChI is InChI=1S/C15H18ClNO2/c1-9-3-2-4-13(14(9)16)15(19)17-10-5-6-11(17)8-12(18)7-10/h2-4,10-12,18H,5-8H2,1H3. The molecule has 0 aromatic heterocycles. The van der Waals surface area contributed by atoms with Gasteiger partial charge in [0.05, 0.1) is 16.7 Å². The van der Waals surface area contributed by atoms with Crippen LogP contribution in [0, 0.1) is 6.92 Å². The predicted molar refractivity (Wildman–Crippen MR) is 74.4 cm³/mol. The number of carbonyl (C=O) groups excluding carboxylic acids is 1. The van der Waals surface area contributed by atoms with Gasteiger partial charge in [0.25, 0.3) is 5.91 Å². The van der Waals surface area contributed by atoms with Gasteiger partial charge in [0.1, 0.15) is 0 Å². The molecule has 19 heavy (non-hydrogen) atoms. The third-order valence-electron chi connectivity index (χ3n) is 4.36. The number of aliphatic hydroxyl groups excluding tert-OH is 1. The van der Waals surface area contributed by atoms with E-state index >= 15 is 0 Å². The van der Waals surface area contributed by atoms with Crippen LogP contribution in [-0.2, 0) is 0 Å². The van der Waals surface area contributed by atoms with Crippen LogP contribution in [0.4, 0.5) is 0 Å². The maximum Gasteiger partial charge on any atom is 0.255 e. The van der Waals surface area contributed by atoms with Crippen LogP contribution in [0.2, 0.25) is 5.02 Å². The fraction of sp³-hybridized carbons (Fsp3) is 0.533. The van der Waals surface area contributed by atoms with Gasteiger partial charge in [0.2, 0.25) is 0 Å². The highest BCUT2D eigenvalue weighted by Crippen LogP contribution is 2.37.